The topological polar surface area (TPSA) is 63.7 Å². The molecule has 31 heavy (non-hydrogen) atoms. The number of amides is 1. The number of hydrogen-bond donors (Lipinski definition) is 0. The number of nitrogens with zero attached hydrogens (tertiary/aromatic N) is 1. The molecule has 1 saturated heterocycles. The third-order valence-electron chi connectivity index (χ3n) is 5.81. The van der Waals surface area contributed by atoms with Gasteiger partial charge in [-0.1, -0.05) is 32.6 Å². The lowest BCUT2D eigenvalue weighted by Crippen LogP contribution is -2.40. The number of benzene rings is 1. The number of ether oxygens (including phenoxy) is 1. The van der Waals surface area contributed by atoms with Crippen molar-refractivity contribution in [3.8, 4) is 5.75 Å². The van der Waals surface area contributed by atoms with Crippen molar-refractivity contribution in [3.63, 3.8) is 0 Å². The van der Waals surface area contributed by atoms with Crippen molar-refractivity contribution in [1.82, 2.24) is 4.90 Å². The van der Waals surface area contributed by atoms with Gasteiger partial charge in [-0.2, -0.15) is 0 Å². The molecule has 1 atom stereocenters. The summed E-state index contributed by atoms with van der Waals surface area (Å²) in [5.74, 6) is 0.829. The van der Waals surface area contributed by atoms with Gasteiger partial charge >= 0.3 is 0 Å². The Hall–Kier alpha value is -1.86. The van der Waals surface area contributed by atoms with E-state index in [9.17, 15) is 13.2 Å². The summed E-state index contributed by atoms with van der Waals surface area (Å²) in [6.07, 6.45) is 6.44. The molecule has 0 spiro atoms. The summed E-state index contributed by atoms with van der Waals surface area (Å²) in [4.78, 5) is 16.2. The molecule has 0 N–H and O–H groups in total. The van der Waals surface area contributed by atoms with Crippen LogP contribution >= 0.6 is 11.3 Å². The zero-order chi connectivity index (χ0) is 22.3. The minimum absolute atomic E-state index is 0.0440. The monoisotopic (exact) mass is 463 g/mol. The molecular weight excluding hydrogens is 430 g/mol. The van der Waals surface area contributed by atoms with Crippen LogP contribution in [0.3, 0.4) is 0 Å². The summed E-state index contributed by atoms with van der Waals surface area (Å²) in [5, 5.41) is 2.01. The maximum atomic E-state index is 13.3. The van der Waals surface area contributed by atoms with Gasteiger partial charge in [0.25, 0.3) is 5.91 Å². The fourth-order valence-electron chi connectivity index (χ4n) is 3.86. The number of carbonyl (C=O) groups is 1. The van der Waals surface area contributed by atoms with Crippen LogP contribution < -0.4 is 4.74 Å². The number of unbranched alkanes of at least 4 members (excludes halogenated alkanes) is 4. The maximum Gasteiger partial charge on any atom is 0.254 e. The summed E-state index contributed by atoms with van der Waals surface area (Å²) >= 11 is 1.60. The zero-order valence-corrected chi connectivity index (χ0v) is 20.1. The molecule has 1 amide bonds. The largest absolute Gasteiger partial charge is 0.494 e. The molecule has 0 radical (unpaired) electrons. The Morgan fingerprint density at radius 3 is 2.48 bits per heavy atom. The van der Waals surface area contributed by atoms with Crippen LogP contribution in [0.1, 0.15) is 66.2 Å². The van der Waals surface area contributed by atoms with E-state index in [1.807, 2.05) is 30.5 Å². The second-order valence-corrected chi connectivity index (χ2v) is 11.5. The van der Waals surface area contributed by atoms with Crippen LogP contribution in [-0.4, -0.2) is 43.4 Å². The molecule has 5 nitrogen and oxygen atoms in total. The lowest BCUT2D eigenvalue weighted by atomic mass is 10.1. The molecule has 1 aliphatic rings. The average molecular weight is 464 g/mol. The summed E-state index contributed by atoms with van der Waals surface area (Å²) in [6.45, 7) is 5.35. The van der Waals surface area contributed by atoms with Gasteiger partial charge in [0, 0.05) is 16.5 Å². The van der Waals surface area contributed by atoms with Gasteiger partial charge in [-0.3, -0.25) is 4.79 Å². The lowest BCUT2D eigenvalue weighted by molar-refractivity contribution is 0.0683. The van der Waals surface area contributed by atoms with Crippen molar-refractivity contribution >= 4 is 27.1 Å². The number of hydrogen-bond acceptors (Lipinski definition) is 5. The Balaban J connectivity index is 1.65. The molecule has 170 valence electrons. The molecule has 0 saturated carbocycles. The first-order valence-electron chi connectivity index (χ1n) is 11.2. The smallest absolute Gasteiger partial charge is 0.254 e. The van der Waals surface area contributed by atoms with Gasteiger partial charge in [0.15, 0.2) is 9.84 Å². The molecule has 0 unspecified atom stereocenters. The van der Waals surface area contributed by atoms with E-state index in [2.05, 4.69) is 6.92 Å². The normalized spacial score (nSPS) is 17.5. The van der Waals surface area contributed by atoms with E-state index < -0.39 is 9.84 Å². The fraction of sp³-hybridized carbons (Fsp3) is 0.542. The van der Waals surface area contributed by atoms with Crippen LogP contribution in [0.2, 0.25) is 0 Å². The van der Waals surface area contributed by atoms with Crippen LogP contribution in [0.4, 0.5) is 0 Å². The van der Waals surface area contributed by atoms with Crippen LogP contribution in [0.15, 0.2) is 35.7 Å². The van der Waals surface area contributed by atoms with Crippen molar-refractivity contribution in [2.45, 2.75) is 65.0 Å². The molecule has 7 heteroatoms. The Labute approximate surface area is 190 Å². The average Bonchev–Trinajstić information content (AvgIpc) is 3.33. The van der Waals surface area contributed by atoms with E-state index in [1.54, 1.807) is 28.4 Å². The van der Waals surface area contributed by atoms with Gasteiger partial charge in [0.1, 0.15) is 5.75 Å². The predicted molar refractivity (Wildman–Crippen MR) is 127 cm³/mol. The summed E-state index contributed by atoms with van der Waals surface area (Å²) < 4.78 is 29.9. The van der Waals surface area contributed by atoms with E-state index in [0.29, 0.717) is 25.1 Å². The molecule has 2 aromatic rings. The Morgan fingerprint density at radius 1 is 1.13 bits per heavy atom. The lowest BCUT2D eigenvalue weighted by Gasteiger charge is -2.28. The van der Waals surface area contributed by atoms with Gasteiger partial charge in [-0.05, 0) is 61.0 Å². The molecular formula is C24H33NO4S2. The Morgan fingerprint density at radius 2 is 1.87 bits per heavy atom. The van der Waals surface area contributed by atoms with Gasteiger partial charge in [0.05, 0.1) is 24.7 Å². The minimum Gasteiger partial charge on any atom is -0.494 e. The number of sulfone groups is 1. The number of rotatable bonds is 11. The van der Waals surface area contributed by atoms with E-state index in [0.717, 1.165) is 22.6 Å². The molecule has 2 heterocycles. The summed E-state index contributed by atoms with van der Waals surface area (Å²) in [6, 6.07) is 8.98. The molecule has 1 aliphatic heterocycles. The van der Waals surface area contributed by atoms with Crippen LogP contribution in [0, 0.1) is 6.92 Å². The highest BCUT2D eigenvalue weighted by Crippen LogP contribution is 2.26. The van der Waals surface area contributed by atoms with Crippen LogP contribution in [0.5, 0.6) is 5.75 Å². The van der Waals surface area contributed by atoms with Crippen molar-refractivity contribution in [2.24, 2.45) is 0 Å². The highest BCUT2D eigenvalue weighted by atomic mass is 32.2. The zero-order valence-electron chi connectivity index (χ0n) is 18.5. The van der Waals surface area contributed by atoms with Gasteiger partial charge in [0.2, 0.25) is 0 Å². The van der Waals surface area contributed by atoms with Gasteiger partial charge in [-0.15, -0.1) is 11.3 Å². The molecule has 0 aliphatic carbocycles. The second-order valence-electron chi connectivity index (χ2n) is 8.30. The Kier molecular flexibility index (Phi) is 8.55. The van der Waals surface area contributed by atoms with Crippen LogP contribution in [0.25, 0.3) is 0 Å². The van der Waals surface area contributed by atoms with Gasteiger partial charge < -0.3 is 9.64 Å². The third-order valence-corrected chi connectivity index (χ3v) is 8.57. The fourth-order valence-corrected chi connectivity index (χ4v) is 6.50. The maximum absolute atomic E-state index is 13.3. The number of thiophene rings is 1. The summed E-state index contributed by atoms with van der Waals surface area (Å²) in [5.41, 5.74) is 1.69. The quantitative estimate of drug-likeness (QED) is 0.428. The highest BCUT2D eigenvalue weighted by molar-refractivity contribution is 7.91. The molecule has 1 aromatic heterocycles. The first-order valence-corrected chi connectivity index (χ1v) is 13.9. The van der Waals surface area contributed by atoms with E-state index in [1.165, 1.54) is 25.7 Å². The minimum atomic E-state index is -3.08. The van der Waals surface area contributed by atoms with Gasteiger partial charge in [-0.25, -0.2) is 8.42 Å². The second kappa shape index (κ2) is 11.1. The molecule has 0 bridgehead atoms. The van der Waals surface area contributed by atoms with Crippen molar-refractivity contribution in [2.75, 3.05) is 18.1 Å². The molecule has 1 aromatic carbocycles. The standard InChI is InChI=1S/C24H33NO4S2/c1-3-4-5-6-7-14-29-22-10-8-20(9-11-22)24(26)25(17-23-19(2)12-15-30-23)21-13-16-31(27,28)18-21/h8-12,15,21H,3-7,13-14,16-18H2,1-2H3/t21-/m0/s1. The van der Waals surface area contributed by atoms with E-state index >= 15 is 0 Å². The SMILES string of the molecule is CCCCCCCOc1ccc(C(=O)N(Cc2sccc2C)[C@H]2CCS(=O)(=O)C2)cc1. The first kappa shape index (κ1) is 23.8. The van der Waals surface area contributed by atoms with Crippen LogP contribution in [-0.2, 0) is 16.4 Å². The van der Waals surface area contributed by atoms with Crippen molar-refractivity contribution in [3.05, 3.63) is 51.7 Å². The molecule has 3 rings (SSSR count). The van der Waals surface area contributed by atoms with E-state index in [4.69, 9.17) is 4.74 Å². The Bertz CT molecular complexity index is 950. The summed E-state index contributed by atoms with van der Waals surface area (Å²) in [7, 11) is -3.08. The third kappa shape index (κ3) is 6.81. The van der Waals surface area contributed by atoms with Crippen molar-refractivity contribution < 1.29 is 17.9 Å². The number of aryl methyl sites for hydroxylation is 1. The van der Waals surface area contributed by atoms with E-state index in [-0.39, 0.29) is 23.5 Å². The highest BCUT2D eigenvalue weighted by Gasteiger charge is 2.35. The van der Waals surface area contributed by atoms with Crippen molar-refractivity contribution in [1.29, 1.82) is 0 Å². The first-order chi connectivity index (χ1) is 14.9. The molecule has 1 fully saturated rings. The predicted octanol–water partition coefficient (Wildman–Crippen LogP) is 5.24. The number of carbonyl (C=O) groups excluding carboxylic acids is 1.